The average molecular weight is 444 g/mol. The van der Waals surface area contributed by atoms with Crippen molar-refractivity contribution in [2.24, 2.45) is 11.8 Å². The molecule has 4 rings (SSSR count). The van der Waals surface area contributed by atoms with E-state index in [4.69, 9.17) is 33.2 Å². The van der Waals surface area contributed by atoms with Crippen LogP contribution in [0.25, 0.3) is 11.1 Å². The minimum atomic E-state index is -0.440. The first-order valence-electron chi connectivity index (χ1n) is 10.4. The van der Waals surface area contributed by atoms with Crippen LogP contribution in [-0.2, 0) is 27.1 Å². The molecule has 2 aromatic carbocycles. The quantitative estimate of drug-likeness (QED) is 0.628. The first-order chi connectivity index (χ1) is 15.6. The Hall–Kier alpha value is -3.13. The zero-order valence-corrected chi connectivity index (χ0v) is 19.0. The van der Waals surface area contributed by atoms with Gasteiger partial charge in [0.25, 0.3) is 0 Å². The molecule has 0 unspecified atom stereocenters. The number of carbonyl (C=O) groups is 1. The molecular formula is C24H28O8. The molecule has 0 fully saturated rings. The summed E-state index contributed by atoms with van der Waals surface area (Å²) in [5, 5.41) is 0. The van der Waals surface area contributed by atoms with E-state index in [1.54, 1.807) is 34.5 Å². The van der Waals surface area contributed by atoms with Gasteiger partial charge in [-0.15, -0.1) is 0 Å². The van der Waals surface area contributed by atoms with E-state index in [-0.39, 0.29) is 18.7 Å². The smallest absolute Gasteiger partial charge is 0.309 e. The highest BCUT2D eigenvalue weighted by molar-refractivity contribution is 5.85. The molecule has 0 amide bonds. The van der Waals surface area contributed by atoms with Crippen molar-refractivity contribution in [2.75, 3.05) is 48.9 Å². The lowest BCUT2D eigenvalue weighted by Crippen LogP contribution is -2.33. The molecule has 2 atom stereocenters. The molecule has 0 bridgehead atoms. The van der Waals surface area contributed by atoms with Gasteiger partial charge in [-0.3, -0.25) is 4.79 Å². The first-order valence-corrected chi connectivity index (χ1v) is 10.4. The number of ether oxygens (including phenoxy) is 7. The summed E-state index contributed by atoms with van der Waals surface area (Å²) in [7, 11) is 7.82. The van der Waals surface area contributed by atoms with Crippen LogP contribution in [0.4, 0.5) is 0 Å². The molecule has 8 heteroatoms. The van der Waals surface area contributed by atoms with Crippen LogP contribution >= 0.6 is 0 Å². The summed E-state index contributed by atoms with van der Waals surface area (Å²) in [4.78, 5) is 12.9. The van der Waals surface area contributed by atoms with Gasteiger partial charge in [-0.1, -0.05) is 0 Å². The van der Waals surface area contributed by atoms with Gasteiger partial charge in [0.15, 0.2) is 23.0 Å². The van der Waals surface area contributed by atoms with Gasteiger partial charge in [-0.25, -0.2) is 0 Å². The molecule has 0 spiro atoms. The van der Waals surface area contributed by atoms with Crippen LogP contribution in [0.2, 0.25) is 0 Å². The predicted octanol–water partition coefficient (Wildman–Crippen LogP) is 3.26. The maximum absolute atomic E-state index is 12.9. The molecule has 0 saturated heterocycles. The SMILES string of the molecule is COC[C@@H]1Cc2cc3c(cc2-c2c(c(OC)cc(OC)c2OC)C[C@H]1C(=O)OC)OCO3. The Kier molecular flexibility index (Phi) is 6.32. The second-order valence-corrected chi connectivity index (χ2v) is 7.78. The van der Waals surface area contributed by atoms with E-state index in [0.29, 0.717) is 48.2 Å². The molecule has 32 heavy (non-hydrogen) atoms. The minimum absolute atomic E-state index is 0.113. The van der Waals surface area contributed by atoms with Gasteiger partial charge in [0.05, 0.1) is 41.0 Å². The average Bonchev–Trinajstić information content (AvgIpc) is 3.26. The lowest BCUT2D eigenvalue weighted by atomic mass is 9.76. The largest absolute Gasteiger partial charge is 0.496 e. The third-order valence-electron chi connectivity index (χ3n) is 6.18. The Morgan fingerprint density at radius 3 is 2.28 bits per heavy atom. The standard InChI is InChI=1S/C24H28O8/c1-26-11-14-6-13-7-19-20(32-12-31-19)9-15(13)22-17(8-16(14)24(25)30-5)18(27-2)10-21(28-3)23(22)29-4/h7,9-10,14,16H,6,8,11-12H2,1-5H3/t14-,16+/m0/s1. The van der Waals surface area contributed by atoms with Gasteiger partial charge < -0.3 is 33.2 Å². The van der Waals surface area contributed by atoms with E-state index in [1.165, 1.54) is 7.11 Å². The zero-order valence-electron chi connectivity index (χ0n) is 19.0. The highest BCUT2D eigenvalue weighted by Crippen LogP contribution is 2.51. The summed E-state index contributed by atoms with van der Waals surface area (Å²) in [5.41, 5.74) is 3.55. The van der Waals surface area contributed by atoms with Crippen LogP contribution in [0.15, 0.2) is 18.2 Å². The normalized spacial score (nSPS) is 18.7. The number of hydrogen-bond donors (Lipinski definition) is 0. The summed E-state index contributed by atoms with van der Waals surface area (Å²) in [6.07, 6.45) is 0.981. The Morgan fingerprint density at radius 1 is 0.938 bits per heavy atom. The van der Waals surface area contributed by atoms with Crippen molar-refractivity contribution in [3.8, 4) is 39.9 Å². The van der Waals surface area contributed by atoms with E-state index >= 15 is 0 Å². The van der Waals surface area contributed by atoms with Crippen molar-refractivity contribution in [2.45, 2.75) is 12.8 Å². The maximum atomic E-state index is 12.9. The van der Waals surface area contributed by atoms with Crippen LogP contribution in [0, 0.1) is 11.8 Å². The van der Waals surface area contributed by atoms with Crippen LogP contribution in [0.5, 0.6) is 28.7 Å². The summed E-state index contributed by atoms with van der Waals surface area (Å²) in [6.45, 7) is 0.564. The number of rotatable bonds is 6. The topological polar surface area (TPSA) is 81.7 Å². The van der Waals surface area contributed by atoms with Crippen molar-refractivity contribution in [3.05, 3.63) is 29.3 Å². The molecule has 0 radical (unpaired) electrons. The molecule has 1 aliphatic carbocycles. The number of fused-ring (bicyclic) bond motifs is 4. The molecule has 2 aliphatic rings. The van der Waals surface area contributed by atoms with Crippen molar-refractivity contribution in [3.63, 3.8) is 0 Å². The fourth-order valence-electron chi connectivity index (χ4n) is 4.69. The van der Waals surface area contributed by atoms with Crippen molar-refractivity contribution in [1.29, 1.82) is 0 Å². The van der Waals surface area contributed by atoms with Crippen LogP contribution < -0.4 is 23.7 Å². The van der Waals surface area contributed by atoms with E-state index in [2.05, 4.69) is 0 Å². The fraction of sp³-hybridized carbons (Fsp3) is 0.458. The van der Waals surface area contributed by atoms with Crippen LogP contribution in [0.3, 0.4) is 0 Å². The lowest BCUT2D eigenvalue weighted by Gasteiger charge is -2.31. The highest BCUT2D eigenvalue weighted by Gasteiger charge is 2.37. The summed E-state index contributed by atoms with van der Waals surface area (Å²) in [5.74, 6) is 2.19. The van der Waals surface area contributed by atoms with E-state index < -0.39 is 5.92 Å². The van der Waals surface area contributed by atoms with Crippen molar-refractivity contribution < 1.29 is 38.0 Å². The Balaban J connectivity index is 2.04. The van der Waals surface area contributed by atoms with Gasteiger partial charge in [-0.2, -0.15) is 0 Å². The molecule has 8 nitrogen and oxygen atoms in total. The van der Waals surface area contributed by atoms with Gasteiger partial charge in [-0.05, 0) is 42.0 Å². The Bertz CT molecular complexity index is 1020. The second-order valence-electron chi connectivity index (χ2n) is 7.78. The molecule has 172 valence electrons. The fourth-order valence-corrected chi connectivity index (χ4v) is 4.69. The van der Waals surface area contributed by atoms with E-state index in [9.17, 15) is 4.79 Å². The third-order valence-corrected chi connectivity index (χ3v) is 6.18. The zero-order chi connectivity index (χ0) is 22.8. The van der Waals surface area contributed by atoms with Crippen LogP contribution in [0.1, 0.15) is 11.1 Å². The van der Waals surface area contributed by atoms with Gasteiger partial charge in [0, 0.05) is 24.3 Å². The van der Waals surface area contributed by atoms with Gasteiger partial charge in [0.1, 0.15) is 5.75 Å². The van der Waals surface area contributed by atoms with Gasteiger partial charge in [0.2, 0.25) is 6.79 Å². The predicted molar refractivity (Wildman–Crippen MR) is 116 cm³/mol. The summed E-state index contributed by atoms with van der Waals surface area (Å²) in [6, 6.07) is 5.71. The minimum Gasteiger partial charge on any atom is -0.496 e. The third kappa shape index (κ3) is 3.68. The number of benzene rings is 2. The molecule has 2 aromatic rings. The highest BCUT2D eigenvalue weighted by atomic mass is 16.7. The van der Waals surface area contributed by atoms with Crippen molar-refractivity contribution >= 4 is 5.97 Å². The number of carbonyl (C=O) groups excluding carboxylic acids is 1. The maximum Gasteiger partial charge on any atom is 0.309 e. The summed E-state index contributed by atoms with van der Waals surface area (Å²) >= 11 is 0. The lowest BCUT2D eigenvalue weighted by molar-refractivity contribution is -0.148. The number of hydrogen-bond acceptors (Lipinski definition) is 8. The molecule has 0 aromatic heterocycles. The van der Waals surface area contributed by atoms with Crippen molar-refractivity contribution in [1.82, 2.24) is 0 Å². The Labute approximate surface area is 187 Å². The summed E-state index contributed by atoms with van der Waals surface area (Å²) < 4.78 is 39.1. The molecule has 0 N–H and O–H groups in total. The monoisotopic (exact) mass is 444 g/mol. The number of esters is 1. The molecule has 1 heterocycles. The Morgan fingerprint density at radius 2 is 1.66 bits per heavy atom. The second kappa shape index (κ2) is 9.16. The molecular weight excluding hydrogens is 416 g/mol. The first kappa shape index (κ1) is 22.1. The molecule has 0 saturated carbocycles. The van der Waals surface area contributed by atoms with Gasteiger partial charge >= 0.3 is 5.97 Å². The van der Waals surface area contributed by atoms with Crippen LogP contribution in [-0.4, -0.2) is 54.9 Å². The number of methoxy groups -OCH3 is 5. The van der Waals surface area contributed by atoms with E-state index in [1.807, 2.05) is 12.1 Å². The van der Waals surface area contributed by atoms with E-state index in [0.717, 1.165) is 22.3 Å². The molecule has 1 aliphatic heterocycles.